The Balaban J connectivity index is 1.97. The fourth-order valence-corrected chi connectivity index (χ4v) is 2.84. The molecule has 0 spiro atoms. The third-order valence-corrected chi connectivity index (χ3v) is 4.14. The van der Waals surface area contributed by atoms with E-state index in [2.05, 4.69) is 5.32 Å². The lowest BCUT2D eigenvalue weighted by molar-refractivity contribution is -0.117. The Morgan fingerprint density at radius 1 is 1.39 bits per heavy atom. The monoisotopic (exact) mass is 277 g/mol. The highest BCUT2D eigenvalue weighted by Crippen LogP contribution is 2.14. The summed E-state index contributed by atoms with van der Waals surface area (Å²) in [5.41, 5.74) is 1.92. The summed E-state index contributed by atoms with van der Waals surface area (Å²) in [7, 11) is 0. The van der Waals surface area contributed by atoms with Crippen LogP contribution in [0.25, 0.3) is 6.08 Å². The minimum Gasteiger partial charge on any atom is -0.347 e. The second-order valence-electron chi connectivity index (χ2n) is 3.84. The van der Waals surface area contributed by atoms with Gasteiger partial charge in [-0.25, -0.2) is 0 Å². The molecule has 2 heterocycles. The van der Waals surface area contributed by atoms with Crippen LogP contribution in [0.15, 0.2) is 39.9 Å². The molecule has 0 aliphatic carbocycles. The molecule has 94 valence electrons. The van der Waals surface area contributed by atoms with E-state index < -0.39 is 0 Å². The highest BCUT2D eigenvalue weighted by Gasteiger charge is 2.07. The molecule has 0 aromatic carbocycles. The fraction of sp³-hybridized carbons (Fsp3) is 0.214. The Morgan fingerprint density at radius 3 is 2.89 bits per heavy atom. The molecular weight excluding hydrogens is 262 g/mol. The van der Waals surface area contributed by atoms with E-state index in [-0.39, 0.29) is 5.91 Å². The SMILES string of the molecule is CCC(=Cc1ccsc1)C(=O)NCc1cccs1. The van der Waals surface area contributed by atoms with Gasteiger partial charge in [0.15, 0.2) is 0 Å². The van der Waals surface area contributed by atoms with Crippen molar-refractivity contribution >= 4 is 34.7 Å². The molecular formula is C14H15NOS2. The Bertz CT molecular complexity index is 512. The predicted octanol–water partition coefficient (Wildman–Crippen LogP) is 3.92. The summed E-state index contributed by atoms with van der Waals surface area (Å²) in [5.74, 6) is 0.0251. The molecule has 0 radical (unpaired) electrons. The summed E-state index contributed by atoms with van der Waals surface area (Å²) in [5, 5.41) is 9.03. The highest BCUT2D eigenvalue weighted by atomic mass is 32.1. The Kier molecular flexibility index (Phi) is 4.73. The lowest BCUT2D eigenvalue weighted by atomic mass is 10.1. The van der Waals surface area contributed by atoms with Crippen LogP contribution in [-0.2, 0) is 11.3 Å². The molecule has 1 N–H and O–H groups in total. The van der Waals surface area contributed by atoms with Crippen LogP contribution in [0.1, 0.15) is 23.8 Å². The Morgan fingerprint density at radius 2 is 2.28 bits per heavy atom. The summed E-state index contributed by atoms with van der Waals surface area (Å²) in [4.78, 5) is 13.2. The Hall–Kier alpha value is -1.39. The molecule has 0 aliphatic rings. The number of amides is 1. The number of rotatable bonds is 5. The van der Waals surface area contributed by atoms with Crippen molar-refractivity contribution in [3.05, 3.63) is 50.4 Å². The number of hydrogen-bond acceptors (Lipinski definition) is 3. The van der Waals surface area contributed by atoms with Crippen molar-refractivity contribution in [3.63, 3.8) is 0 Å². The van der Waals surface area contributed by atoms with E-state index in [0.717, 1.165) is 17.6 Å². The van der Waals surface area contributed by atoms with Gasteiger partial charge in [-0.15, -0.1) is 11.3 Å². The second kappa shape index (κ2) is 6.52. The molecule has 0 saturated carbocycles. The van der Waals surface area contributed by atoms with Crippen LogP contribution >= 0.6 is 22.7 Å². The first-order valence-corrected chi connectivity index (χ1v) is 7.65. The van der Waals surface area contributed by atoms with Gasteiger partial charge in [0.2, 0.25) is 5.91 Å². The molecule has 18 heavy (non-hydrogen) atoms. The summed E-state index contributed by atoms with van der Waals surface area (Å²) < 4.78 is 0. The standard InChI is InChI=1S/C14H15NOS2/c1-2-12(8-11-5-7-17-10-11)14(16)15-9-13-4-3-6-18-13/h3-8,10H,2,9H2,1H3,(H,15,16). The number of hydrogen-bond donors (Lipinski definition) is 1. The molecule has 0 fully saturated rings. The summed E-state index contributed by atoms with van der Waals surface area (Å²) in [6, 6.07) is 6.04. The van der Waals surface area contributed by atoms with E-state index >= 15 is 0 Å². The normalized spacial score (nSPS) is 11.5. The van der Waals surface area contributed by atoms with Crippen molar-refractivity contribution < 1.29 is 4.79 Å². The van der Waals surface area contributed by atoms with Gasteiger partial charge in [-0.1, -0.05) is 13.0 Å². The molecule has 0 saturated heterocycles. The fourth-order valence-electron chi connectivity index (χ4n) is 1.58. The average molecular weight is 277 g/mol. The molecule has 0 atom stereocenters. The van der Waals surface area contributed by atoms with Crippen molar-refractivity contribution in [2.24, 2.45) is 0 Å². The topological polar surface area (TPSA) is 29.1 Å². The molecule has 2 aromatic heterocycles. The van der Waals surface area contributed by atoms with Gasteiger partial charge in [0.25, 0.3) is 0 Å². The minimum atomic E-state index is 0.0251. The minimum absolute atomic E-state index is 0.0251. The van der Waals surface area contributed by atoms with Crippen LogP contribution in [-0.4, -0.2) is 5.91 Å². The van der Waals surface area contributed by atoms with Gasteiger partial charge in [-0.2, -0.15) is 11.3 Å². The zero-order chi connectivity index (χ0) is 12.8. The maximum absolute atomic E-state index is 12.0. The molecule has 2 aromatic rings. The first kappa shape index (κ1) is 13.1. The van der Waals surface area contributed by atoms with E-state index in [1.807, 2.05) is 47.3 Å². The number of carbonyl (C=O) groups is 1. The smallest absolute Gasteiger partial charge is 0.247 e. The molecule has 0 bridgehead atoms. The van der Waals surface area contributed by atoms with E-state index in [0.29, 0.717) is 6.54 Å². The van der Waals surface area contributed by atoms with Gasteiger partial charge < -0.3 is 5.32 Å². The largest absolute Gasteiger partial charge is 0.347 e. The van der Waals surface area contributed by atoms with Crippen LogP contribution in [0.4, 0.5) is 0 Å². The van der Waals surface area contributed by atoms with Gasteiger partial charge in [-0.3, -0.25) is 4.79 Å². The molecule has 4 heteroatoms. The number of nitrogens with one attached hydrogen (secondary N) is 1. The third kappa shape index (κ3) is 3.55. The van der Waals surface area contributed by atoms with Gasteiger partial charge in [0.1, 0.15) is 0 Å². The van der Waals surface area contributed by atoms with Gasteiger partial charge in [0, 0.05) is 10.5 Å². The van der Waals surface area contributed by atoms with Crippen molar-refractivity contribution in [1.82, 2.24) is 5.32 Å². The lowest BCUT2D eigenvalue weighted by Crippen LogP contribution is -2.23. The van der Waals surface area contributed by atoms with Crippen molar-refractivity contribution in [1.29, 1.82) is 0 Å². The molecule has 2 rings (SSSR count). The maximum Gasteiger partial charge on any atom is 0.247 e. The predicted molar refractivity (Wildman–Crippen MR) is 78.8 cm³/mol. The van der Waals surface area contributed by atoms with E-state index in [9.17, 15) is 4.79 Å². The highest BCUT2D eigenvalue weighted by molar-refractivity contribution is 7.09. The zero-order valence-electron chi connectivity index (χ0n) is 10.2. The van der Waals surface area contributed by atoms with E-state index in [4.69, 9.17) is 0 Å². The van der Waals surface area contributed by atoms with E-state index in [1.54, 1.807) is 22.7 Å². The number of carbonyl (C=O) groups excluding carboxylic acids is 1. The third-order valence-electron chi connectivity index (χ3n) is 2.56. The Labute approximate surface area is 115 Å². The van der Waals surface area contributed by atoms with Crippen molar-refractivity contribution in [3.8, 4) is 0 Å². The van der Waals surface area contributed by atoms with Gasteiger partial charge in [-0.05, 0) is 46.3 Å². The molecule has 1 amide bonds. The summed E-state index contributed by atoms with van der Waals surface area (Å²) >= 11 is 3.30. The zero-order valence-corrected chi connectivity index (χ0v) is 11.8. The number of thiophene rings is 2. The quantitative estimate of drug-likeness (QED) is 0.825. The van der Waals surface area contributed by atoms with Crippen LogP contribution in [0, 0.1) is 0 Å². The first-order valence-electron chi connectivity index (χ1n) is 5.83. The maximum atomic E-state index is 12.0. The van der Waals surface area contributed by atoms with Crippen LogP contribution in [0.5, 0.6) is 0 Å². The molecule has 2 nitrogen and oxygen atoms in total. The van der Waals surface area contributed by atoms with Crippen molar-refractivity contribution in [2.75, 3.05) is 0 Å². The molecule has 0 unspecified atom stereocenters. The second-order valence-corrected chi connectivity index (χ2v) is 5.65. The van der Waals surface area contributed by atoms with Crippen LogP contribution < -0.4 is 5.32 Å². The van der Waals surface area contributed by atoms with Gasteiger partial charge in [0.05, 0.1) is 6.54 Å². The first-order chi connectivity index (χ1) is 8.79. The van der Waals surface area contributed by atoms with Gasteiger partial charge >= 0.3 is 0 Å². The molecule has 0 aliphatic heterocycles. The summed E-state index contributed by atoms with van der Waals surface area (Å²) in [6.07, 6.45) is 2.70. The van der Waals surface area contributed by atoms with Crippen LogP contribution in [0.2, 0.25) is 0 Å². The van der Waals surface area contributed by atoms with Crippen molar-refractivity contribution in [2.45, 2.75) is 19.9 Å². The lowest BCUT2D eigenvalue weighted by Gasteiger charge is -2.05. The average Bonchev–Trinajstić information content (AvgIpc) is 3.06. The van der Waals surface area contributed by atoms with E-state index in [1.165, 1.54) is 4.88 Å². The summed E-state index contributed by atoms with van der Waals surface area (Å²) in [6.45, 7) is 2.61. The van der Waals surface area contributed by atoms with Crippen LogP contribution in [0.3, 0.4) is 0 Å².